The lowest BCUT2D eigenvalue weighted by atomic mass is 10.2. The van der Waals surface area contributed by atoms with Gasteiger partial charge in [-0.25, -0.2) is 0 Å². The Kier molecular flexibility index (Phi) is 6.46. The molecule has 4 heteroatoms. The van der Waals surface area contributed by atoms with E-state index in [1.165, 1.54) is 0 Å². The number of rotatable bonds is 7. The normalized spacial score (nSPS) is 9.94. The van der Waals surface area contributed by atoms with Crippen LogP contribution in [0.2, 0.25) is 5.02 Å². The van der Waals surface area contributed by atoms with Crippen molar-refractivity contribution in [2.75, 3.05) is 13.7 Å². The van der Waals surface area contributed by atoms with Crippen LogP contribution in [-0.2, 0) is 6.54 Å². The number of benzene rings is 1. The van der Waals surface area contributed by atoms with E-state index in [2.05, 4.69) is 11.4 Å². The third-order valence-corrected chi connectivity index (χ3v) is 2.57. The molecule has 0 heterocycles. The molecule has 0 unspecified atom stereocenters. The second kappa shape index (κ2) is 7.94. The largest absolute Gasteiger partial charge is 0.493 e. The van der Waals surface area contributed by atoms with Gasteiger partial charge >= 0.3 is 0 Å². The van der Waals surface area contributed by atoms with Crippen LogP contribution in [0.4, 0.5) is 0 Å². The molecule has 0 spiro atoms. The van der Waals surface area contributed by atoms with Crippen molar-refractivity contribution in [1.82, 2.24) is 5.32 Å². The van der Waals surface area contributed by atoms with E-state index in [9.17, 15) is 0 Å². The quantitative estimate of drug-likeness (QED) is 0.759. The van der Waals surface area contributed by atoms with Crippen LogP contribution in [0.25, 0.3) is 0 Å². The lowest BCUT2D eigenvalue weighted by molar-refractivity contribution is 0.304. The molecule has 0 saturated carbocycles. The monoisotopic (exact) mass is 252 g/mol. The maximum absolute atomic E-state index is 8.41. The topological polar surface area (TPSA) is 45.0 Å². The van der Waals surface area contributed by atoms with E-state index in [-0.39, 0.29) is 0 Å². The van der Waals surface area contributed by atoms with Gasteiger partial charge in [0.05, 0.1) is 12.7 Å². The summed E-state index contributed by atoms with van der Waals surface area (Å²) in [5.41, 5.74) is 1.06. The van der Waals surface area contributed by atoms with Crippen molar-refractivity contribution in [3.63, 3.8) is 0 Å². The van der Waals surface area contributed by atoms with Gasteiger partial charge < -0.3 is 10.1 Å². The summed E-state index contributed by atoms with van der Waals surface area (Å²) in [6, 6.07) is 7.74. The van der Waals surface area contributed by atoms with Crippen molar-refractivity contribution < 1.29 is 4.74 Å². The maximum atomic E-state index is 8.41. The number of ether oxygens (including phenoxy) is 1. The minimum absolute atomic E-state index is 0.591. The van der Waals surface area contributed by atoms with E-state index in [1.807, 2.05) is 25.2 Å². The van der Waals surface area contributed by atoms with Crippen molar-refractivity contribution in [1.29, 1.82) is 5.26 Å². The SMILES string of the molecule is CNCc1cc(Cl)ccc1OCCCCC#N. The highest BCUT2D eigenvalue weighted by atomic mass is 35.5. The van der Waals surface area contributed by atoms with Gasteiger partial charge in [-0.15, -0.1) is 0 Å². The molecule has 1 rings (SSSR count). The smallest absolute Gasteiger partial charge is 0.123 e. The van der Waals surface area contributed by atoms with E-state index in [0.717, 1.165) is 30.7 Å². The molecule has 1 N–H and O–H groups in total. The predicted molar refractivity (Wildman–Crippen MR) is 69.2 cm³/mol. The summed E-state index contributed by atoms with van der Waals surface area (Å²) in [6.45, 7) is 1.37. The molecule has 0 saturated heterocycles. The average molecular weight is 253 g/mol. The Morgan fingerprint density at radius 2 is 2.24 bits per heavy atom. The van der Waals surface area contributed by atoms with Gasteiger partial charge in [0, 0.05) is 23.6 Å². The first-order chi connectivity index (χ1) is 8.27. The van der Waals surface area contributed by atoms with Gasteiger partial charge in [-0.05, 0) is 38.1 Å². The Hall–Kier alpha value is -1.24. The van der Waals surface area contributed by atoms with Gasteiger partial charge in [0.15, 0.2) is 0 Å². The van der Waals surface area contributed by atoms with Crippen molar-refractivity contribution in [2.45, 2.75) is 25.8 Å². The Morgan fingerprint density at radius 1 is 1.41 bits per heavy atom. The van der Waals surface area contributed by atoms with Gasteiger partial charge in [-0.1, -0.05) is 11.6 Å². The number of nitrogens with one attached hydrogen (secondary N) is 1. The highest BCUT2D eigenvalue weighted by Gasteiger charge is 2.03. The van der Waals surface area contributed by atoms with E-state index in [4.69, 9.17) is 21.6 Å². The maximum Gasteiger partial charge on any atom is 0.123 e. The number of halogens is 1. The van der Waals surface area contributed by atoms with Crippen molar-refractivity contribution in [2.24, 2.45) is 0 Å². The van der Waals surface area contributed by atoms with Crippen LogP contribution >= 0.6 is 11.6 Å². The van der Waals surface area contributed by atoms with Crippen molar-refractivity contribution in [3.05, 3.63) is 28.8 Å². The van der Waals surface area contributed by atoms with Gasteiger partial charge in [0.2, 0.25) is 0 Å². The number of hydrogen-bond donors (Lipinski definition) is 1. The van der Waals surface area contributed by atoms with Crippen molar-refractivity contribution in [3.8, 4) is 11.8 Å². The van der Waals surface area contributed by atoms with Crippen LogP contribution in [0.5, 0.6) is 5.75 Å². The molecule has 1 aromatic rings. The Morgan fingerprint density at radius 3 is 2.94 bits per heavy atom. The average Bonchev–Trinajstić information content (AvgIpc) is 2.32. The summed E-state index contributed by atoms with van der Waals surface area (Å²) in [7, 11) is 1.89. The van der Waals surface area contributed by atoms with Crippen LogP contribution < -0.4 is 10.1 Å². The zero-order valence-corrected chi connectivity index (χ0v) is 10.8. The number of hydrogen-bond acceptors (Lipinski definition) is 3. The second-order valence-corrected chi connectivity index (χ2v) is 4.18. The second-order valence-electron chi connectivity index (χ2n) is 3.75. The molecule has 17 heavy (non-hydrogen) atoms. The first-order valence-electron chi connectivity index (χ1n) is 5.70. The summed E-state index contributed by atoms with van der Waals surface area (Å²) in [6.07, 6.45) is 2.37. The summed E-state index contributed by atoms with van der Waals surface area (Å²) in [5, 5.41) is 12.2. The zero-order valence-electron chi connectivity index (χ0n) is 10.0. The van der Waals surface area contributed by atoms with E-state index in [0.29, 0.717) is 18.1 Å². The molecular formula is C13H17ClN2O. The Balaban J connectivity index is 2.49. The van der Waals surface area contributed by atoms with Crippen molar-refractivity contribution >= 4 is 11.6 Å². The lowest BCUT2D eigenvalue weighted by Crippen LogP contribution is -2.08. The molecule has 0 fully saturated rings. The first kappa shape index (κ1) is 13.8. The molecule has 0 bridgehead atoms. The fraction of sp³-hybridized carbons (Fsp3) is 0.462. The first-order valence-corrected chi connectivity index (χ1v) is 6.08. The van der Waals surface area contributed by atoms with Gasteiger partial charge in [-0.2, -0.15) is 5.26 Å². The molecule has 3 nitrogen and oxygen atoms in total. The van der Waals surface area contributed by atoms with Crippen LogP contribution in [0.15, 0.2) is 18.2 Å². The Labute approximate surface area is 107 Å². The molecule has 0 atom stereocenters. The molecule has 0 radical (unpaired) electrons. The molecule has 1 aromatic carbocycles. The van der Waals surface area contributed by atoms with E-state index in [1.54, 1.807) is 0 Å². The molecule has 0 aliphatic rings. The van der Waals surface area contributed by atoms with Crippen LogP contribution in [0, 0.1) is 11.3 Å². The number of nitrogens with zero attached hydrogens (tertiary/aromatic N) is 1. The highest BCUT2D eigenvalue weighted by Crippen LogP contribution is 2.23. The molecule has 0 aromatic heterocycles. The fourth-order valence-electron chi connectivity index (χ4n) is 1.51. The molecule has 0 aliphatic carbocycles. The fourth-order valence-corrected chi connectivity index (χ4v) is 1.70. The Bertz CT molecular complexity index is 387. The van der Waals surface area contributed by atoms with Crippen LogP contribution in [-0.4, -0.2) is 13.7 Å². The molecule has 92 valence electrons. The summed E-state index contributed by atoms with van der Waals surface area (Å²) < 4.78 is 5.68. The predicted octanol–water partition coefficient (Wildman–Crippen LogP) is 3.13. The molecule has 0 amide bonds. The summed E-state index contributed by atoms with van der Waals surface area (Å²) in [4.78, 5) is 0. The zero-order chi connectivity index (χ0) is 12.5. The highest BCUT2D eigenvalue weighted by molar-refractivity contribution is 6.30. The van der Waals surface area contributed by atoms with Crippen LogP contribution in [0.3, 0.4) is 0 Å². The summed E-state index contributed by atoms with van der Waals surface area (Å²) >= 11 is 5.94. The standard InChI is InChI=1S/C13H17ClN2O/c1-16-10-11-9-12(14)5-6-13(11)17-8-4-2-3-7-15/h5-6,9,16H,2-4,8,10H2,1H3. The molecule has 0 aliphatic heterocycles. The van der Waals surface area contributed by atoms with E-state index < -0.39 is 0 Å². The minimum atomic E-state index is 0.591. The minimum Gasteiger partial charge on any atom is -0.493 e. The number of nitriles is 1. The third-order valence-electron chi connectivity index (χ3n) is 2.33. The third kappa shape index (κ3) is 5.08. The lowest BCUT2D eigenvalue weighted by Gasteiger charge is -2.11. The molecular weight excluding hydrogens is 236 g/mol. The van der Waals surface area contributed by atoms with Crippen LogP contribution in [0.1, 0.15) is 24.8 Å². The van der Waals surface area contributed by atoms with Gasteiger partial charge in [0.25, 0.3) is 0 Å². The van der Waals surface area contributed by atoms with Gasteiger partial charge in [0.1, 0.15) is 5.75 Å². The van der Waals surface area contributed by atoms with Gasteiger partial charge in [-0.3, -0.25) is 0 Å². The number of unbranched alkanes of at least 4 members (excludes halogenated alkanes) is 2. The summed E-state index contributed by atoms with van der Waals surface area (Å²) in [5.74, 6) is 0.862. The van der Waals surface area contributed by atoms with E-state index >= 15 is 0 Å².